The number of hydrazone groups is 1. The Morgan fingerprint density at radius 2 is 1.56 bits per heavy atom. The molecule has 0 fully saturated rings. The van der Waals surface area contributed by atoms with E-state index in [-0.39, 0.29) is 29.0 Å². The lowest BCUT2D eigenvalue weighted by molar-refractivity contribution is -0.127. The lowest BCUT2D eigenvalue weighted by atomic mass is 10.1. The van der Waals surface area contributed by atoms with E-state index >= 15 is 0 Å². The highest BCUT2D eigenvalue weighted by Crippen LogP contribution is 2.35. The van der Waals surface area contributed by atoms with Crippen molar-refractivity contribution in [1.29, 1.82) is 0 Å². The molecule has 0 radical (unpaired) electrons. The lowest BCUT2D eigenvalue weighted by Gasteiger charge is -2.21. The number of hydrogen-bond donors (Lipinski definition) is 5. The first kappa shape index (κ1) is 35.4. The Labute approximate surface area is 260 Å². The molecule has 0 aliphatic carbocycles. The average molecular weight is 629 g/mol. The van der Waals surface area contributed by atoms with Gasteiger partial charge in [-0.3, -0.25) is 24.0 Å². The molecule has 2 rings (SSSR count). The predicted octanol–water partition coefficient (Wildman–Crippen LogP) is 3.01. The fourth-order valence-electron chi connectivity index (χ4n) is 3.45. The Morgan fingerprint density at radius 1 is 0.884 bits per heavy atom. The van der Waals surface area contributed by atoms with Gasteiger partial charge in [0.15, 0.2) is 0 Å². The molecule has 11 nitrogen and oxygen atoms in total. The second kappa shape index (κ2) is 18.6. The Balaban J connectivity index is 1.83. The Morgan fingerprint density at radius 3 is 2.21 bits per heavy atom. The van der Waals surface area contributed by atoms with Crippen LogP contribution in [0.3, 0.4) is 0 Å². The zero-order valence-electron chi connectivity index (χ0n) is 24.7. The maximum atomic E-state index is 12.8. The Kier molecular flexibility index (Phi) is 15.3. The van der Waals surface area contributed by atoms with Crippen LogP contribution in [-0.4, -0.2) is 65.4 Å². The van der Waals surface area contributed by atoms with Gasteiger partial charge in [-0.05, 0) is 42.7 Å². The number of primary amides is 1. The maximum Gasteiger partial charge on any atom is 0.271 e. The first-order valence-corrected chi connectivity index (χ1v) is 16.2. The molecule has 0 heterocycles. The van der Waals surface area contributed by atoms with Crippen molar-refractivity contribution in [3.05, 3.63) is 71.3 Å². The predicted molar refractivity (Wildman–Crippen MR) is 173 cm³/mol. The molecule has 0 aliphatic rings. The van der Waals surface area contributed by atoms with E-state index in [1.807, 2.05) is 6.07 Å². The van der Waals surface area contributed by atoms with Crippen molar-refractivity contribution in [2.45, 2.75) is 57.2 Å². The monoisotopic (exact) mass is 628 g/mol. The highest BCUT2D eigenvalue weighted by Gasteiger charge is 2.22. The summed E-state index contributed by atoms with van der Waals surface area (Å²) in [5, 5.41) is 12.1. The molecule has 0 aliphatic heterocycles. The minimum Gasteiger partial charge on any atom is -0.370 e. The second-order valence-corrected chi connectivity index (χ2v) is 13.7. The largest absolute Gasteiger partial charge is 0.370 e. The van der Waals surface area contributed by atoms with E-state index in [2.05, 4.69) is 47.2 Å². The molecule has 0 unspecified atom stereocenters. The summed E-state index contributed by atoms with van der Waals surface area (Å²) in [7, 11) is 3.09. The number of hydrogen-bond acceptors (Lipinski definition) is 8. The minimum absolute atomic E-state index is 0.0262. The molecule has 0 bridgehead atoms. The number of nitrogens with zero attached hydrogens (tertiary/aromatic N) is 1. The molecule has 0 saturated carbocycles. The van der Waals surface area contributed by atoms with Gasteiger partial charge in [-0.25, -0.2) is 5.43 Å². The molecule has 13 heteroatoms. The summed E-state index contributed by atoms with van der Waals surface area (Å²) >= 11 is 0. The van der Waals surface area contributed by atoms with Crippen molar-refractivity contribution < 1.29 is 24.0 Å². The molecule has 0 saturated heterocycles. The van der Waals surface area contributed by atoms with Gasteiger partial charge < -0.3 is 21.7 Å². The lowest BCUT2D eigenvalue weighted by Crippen LogP contribution is -2.50. The molecule has 5 amide bonds. The normalized spacial score (nSPS) is 11.9. The SMILES string of the molecule is CC(C)(C)SSC[C@H](NC(=O)CNC(=O)c1ccc(/C=N/NC(=O)c2ccccc2)cc1)C(=O)NCCCCCC(N)=O. The van der Waals surface area contributed by atoms with Crippen LogP contribution in [0, 0.1) is 0 Å². The van der Waals surface area contributed by atoms with Gasteiger partial charge in [0.25, 0.3) is 11.8 Å². The third-order valence-corrected chi connectivity index (χ3v) is 8.94. The second-order valence-electron chi connectivity index (χ2n) is 10.5. The maximum absolute atomic E-state index is 12.8. The van der Waals surface area contributed by atoms with Crippen LogP contribution in [-0.2, 0) is 14.4 Å². The summed E-state index contributed by atoms with van der Waals surface area (Å²) in [6.07, 6.45) is 3.86. The van der Waals surface area contributed by atoms with Gasteiger partial charge in [0.05, 0.1) is 12.8 Å². The highest BCUT2D eigenvalue weighted by atomic mass is 33.1. The minimum atomic E-state index is -0.782. The summed E-state index contributed by atoms with van der Waals surface area (Å²) in [6.45, 7) is 6.29. The smallest absolute Gasteiger partial charge is 0.271 e. The number of carbonyl (C=O) groups excluding carboxylic acids is 5. The fourth-order valence-corrected chi connectivity index (χ4v) is 5.91. The van der Waals surface area contributed by atoms with Crippen LogP contribution in [0.15, 0.2) is 59.7 Å². The standard InChI is InChI=1S/C30H40N6O5S2/c1-30(2,3)43-42-20-24(29(41)32-17-9-5-8-12-25(31)37)35-26(38)19-33-27(39)23-15-13-21(14-16-23)18-34-36-28(40)22-10-6-4-7-11-22/h4,6-7,10-11,13-16,18,24H,5,8-9,12,17,19-20H2,1-3H3,(H2,31,37)(H,32,41)(H,33,39)(H,35,38)(H,36,40)/b34-18+/t24-/m0/s1. The number of nitrogens with one attached hydrogen (secondary N) is 4. The Bertz CT molecular complexity index is 1250. The van der Waals surface area contributed by atoms with Gasteiger partial charge >= 0.3 is 0 Å². The van der Waals surface area contributed by atoms with E-state index in [0.29, 0.717) is 48.3 Å². The van der Waals surface area contributed by atoms with E-state index in [1.54, 1.807) is 59.3 Å². The number of benzene rings is 2. The van der Waals surface area contributed by atoms with Crippen molar-refractivity contribution in [3.63, 3.8) is 0 Å². The van der Waals surface area contributed by atoms with Gasteiger partial charge in [0, 0.05) is 34.6 Å². The quantitative estimate of drug-likeness (QED) is 0.0775. The topological polar surface area (TPSA) is 172 Å². The van der Waals surface area contributed by atoms with Gasteiger partial charge in [0.1, 0.15) is 6.04 Å². The molecular formula is C30H40N6O5S2. The summed E-state index contributed by atoms with van der Waals surface area (Å²) in [4.78, 5) is 61.0. The van der Waals surface area contributed by atoms with Crippen LogP contribution >= 0.6 is 21.6 Å². The van der Waals surface area contributed by atoms with Gasteiger partial charge in [-0.1, -0.05) is 79.1 Å². The summed E-state index contributed by atoms with van der Waals surface area (Å²) in [6, 6.07) is 14.4. The van der Waals surface area contributed by atoms with E-state index in [9.17, 15) is 24.0 Å². The van der Waals surface area contributed by atoms with Crippen molar-refractivity contribution in [3.8, 4) is 0 Å². The fraction of sp³-hybridized carbons (Fsp3) is 0.400. The van der Waals surface area contributed by atoms with Crippen molar-refractivity contribution in [2.24, 2.45) is 10.8 Å². The molecule has 43 heavy (non-hydrogen) atoms. The summed E-state index contributed by atoms with van der Waals surface area (Å²) < 4.78 is -0.0262. The van der Waals surface area contributed by atoms with Crippen LogP contribution in [0.2, 0.25) is 0 Å². The van der Waals surface area contributed by atoms with E-state index in [4.69, 9.17) is 5.73 Å². The molecule has 1 atom stereocenters. The molecule has 0 aromatic heterocycles. The van der Waals surface area contributed by atoms with Crippen molar-refractivity contribution in [2.75, 3.05) is 18.8 Å². The molecular weight excluding hydrogens is 589 g/mol. The third-order valence-electron chi connectivity index (χ3n) is 5.59. The number of nitrogens with two attached hydrogens (primary N) is 1. The highest BCUT2D eigenvalue weighted by molar-refractivity contribution is 8.77. The third kappa shape index (κ3) is 15.3. The average Bonchev–Trinajstić information content (AvgIpc) is 2.97. The van der Waals surface area contributed by atoms with Crippen molar-refractivity contribution in [1.82, 2.24) is 21.4 Å². The first-order chi connectivity index (χ1) is 20.4. The van der Waals surface area contributed by atoms with E-state index < -0.39 is 17.9 Å². The first-order valence-electron chi connectivity index (χ1n) is 13.9. The molecule has 0 spiro atoms. The van der Waals surface area contributed by atoms with Gasteiger partial charge in [0.2, 0.25) is 17.7 Å². The van der Waals surface area contributed by atoms with Crippen LogP contribution in [0.5, 0.6) is 0 Å². The Hall–Kier alpha value is -3.84. The van der Waals surface area contributed by atoms with Crippen molar-refractivity contribution >= 4 is 57.3 Å². The van der Waals surface area contributed by atoms with Crippen LogP contribution < -0.4 is 27.1 Å². The number of amides is 5. The van der Waals surface area contributed by atoms with E-state index in [1.165, 1.54) is 17.0 Å². The number of rotatable bonds is 17. The molecule has 2 aromatic rings. The molecule has 232 valence electrons. The number of unbranched alkanes of at least 4 members (excludes halogenated alkanes) is 2. The molecule has 2 aromatic carbocycles. The zero-order valence-corrected chi connectivity index (χ0v) is 26.3. The van der Waals surface area contributed by atoms with Crippen LogP contribution in [0.25, 0.3) is 0 Å². The number of carbonyl (C=O) groups is 5. The van der Waals surface area contributed by atoms with Crippen LogP contribution in [0.1, 0.15) is 72.7 Å². The van der Waals surface area contributed by atoms with Crippen LogP contribution in [0.4, 0.5) is 0 Å². The van der Waals surface area contributed by atoms with Gasteiger partial charge in [-0.15, -0.1) is 0 Å². The van der Waals surface area contributed by atoms with E-state index in [0.717, 1.165) is 6.42 Å². The van der Waals surface area contributed by atoms with Gasteiger partial charge in [-0.2, -0.15) is 5.10 Å². The molecule has 6 N–H and O–H groups in total. The summed E-state index contributed by atoms with van der Waals surface area (Å²) in [5.74, 6) is -1.59. The zero-order chi connectivity index (χ0) is 31.7. The summed E-state index contributed by atoms with van der Waals surface area (Å²) in [5.41, 5.74) is 9.07.